The lowest BCUT2D eigenvalue weighted by atomic mass is 10.1. The first-order chi connectivity index (χ1) is 11.1. The number of anilines is 1. The number of nitrogens with zero attached hydrogens (tertiary/aromatic N) is 1. The molecule has 0 saturated heterocycles. The predicted octanol–water partition coefficient (Wildman–Crippen LogP) is 3.60. The van der Waals surface area contributed by atoms with Crippen molar-refractivity contribution in [2.75, 3.05) is 26.1 Å². The summed E-state index contributed by atoms with van der Waals surface area (Å²) in [6.45, 7) is 2.65. The highest BCUT2D eigenvalue weighted by Gasteiger charge is 2.03. The van der Waals surface area contributed by atoms with Gasteiger partial charge in [0.1, 0.15) is 11.5 Å². The number of guanidine groups is 1. The number of rotatable bonds is 6. The fourth-order valence-corrected chi connectivity index (χ4v) is 2.26. The van der Waals surface area contributed by atoms with Gasteiger partial charge in [0, 0.05) is 12.2 Å². The Morgan fingerprint density at radius 1 is 1.08 bits per heavy atom. The maximum absolute atomic E-state index is 5.92. The third-order valence-electron chi connectivity index (χ3n) is 3.46. The van der Waals surface area contributed by atoms with Gasteiger partial charge < -0.3 is 20.5 Å². The van der Waals surface area contributed by atoms with Crippen LogP contribution in [0, 0.1) is 6.92 Å². The number of aryl methyl sites for hydroxylation is 1. The third kappa shape index (κ3) is 5.92. The molecular formula is C18H24IN3O2. The molecule has 2 aromatic carbocycles. The second-order valence-electron chi connectivity index (χ2n) is 5.19. The van der Waals surface area contributed by atoms with Crippen LogP contribution in [0.4, 0.5) is 5.69 Å². The zero-order chi connectivity index (χ0) is 16.7. The van der Waals surface area contributed by atoms with Gasteiger partial charge in [0.25, 0.3) is 0 Å². The normalized spacial score (nSPS) is 10.7. The van der Waals surface area contributed by atoms with Crippen LogP contribution in [-0.4, -0.2) is 26.7 Å². The molecule has 3 N–H and O–H groups in total. The van der Waals surface area contributed by atoms with Crippen molar-refractivity contribution in [3.8, 4) is 11.5 Å². The number of nitrogens with two attached hydrogens (primary N) is 1. The highest BCUT2D eigenvalue weighted by Crippen LogP contribution is 2.20. The number of aliphatic imine (C=N–C) groups is 1. The van der Waals surface area contributed by atoms with Gasteiger partial charge in [-0.3, -0.25) is 4.99 Å². The van der Waals surface area contributed by atoms with E-state index in [2.05, 4.69) is 23.3 Å². The molecule has 0 aliphatic heterocycles. The molecule has 0 saturated carbocycles. The van der Waals surface area contributed by atoms with Gasteiger partial charge in [-0.2, -0.15) is 0 Å². The van der Waals surface area contributed by atoms with E-state index in [-0.39, 0.29) is 24.0 Å². The number of nitrogens with one attached hydrogen (secondary N) is 1. The summed E-state index contributed by atoms with van der Waals surface area (Å²) in [7, 11) is 3.31. The first kappa shape index (κ1) is 20.1. The summed E-state index contributed by atoms with van der Waals surface area (Å²) in [5.41, 5.74) is 9.13. The number of hydrogen-bond donors (Lipinski definition) is 2. The van der Waals surface area contributed by atoms with Crippen LogP contribution < -0.4 is 20.5 Å². The van der Waals surface area contributed by atoms with Crippen molar-refractivity contribution in [3.05, 3.63) is 53.6 Å². The average molecular weight is 441 g/mol. The first-order valence-corrected chi connectivity index (χ1v) is 7.47. The Morgan fingerprint density at radius 2 is 1.79 bits per heavy atom. The molecule has 0 aromatic heterocycles. The van der Waals surface area contributed by atoms with Gasteiger partial charge in [-0.25, -0.2) is 0 Å². The summed E-state index contributed by atoms with van der Waals surface area (Å²) in [6, 6.07) is 13.6. The summed E-state index contributed by atoms with van der Waals surface area (Å²) in [5.74, 6) is 2.08. The number of benzene rings is 2. The minimum absolute atomic E-state index is 0. The maximum Gasteiger partial charge on any atom is 0.193 e. The smallest absolute Gasteiger partial charge is 0.193 e. The SMILES string of the molecule is COc1ccc(NC(N)=NCCc2cc(C)ccc2OC)cc1.I. The highest BCUT2D eigenvalue weighted by molar-refractivity contribution is 14.0. The number of halogens is 1. The largest absolute Gasteiger partial charge is 0.497 e. The Labute approximate surface area is 160 Å². The maximum atomic E-state index is 5.92. The summed E-state index contributed by atoms with van der Waals surface area (Å²) in [4.78, 5) is 4.36. The molecule has 6 heteroatoms. The Balaban J connectivity index is 0.00000288. The third-order valence-corrected chi connectivity index (χ3v) is 3.46. The van der Waals surface area contributed by atoms with Crippen LogP contribution >= 0.6 is 24.0 Å². The zero-order valence-electron chi connectivity index (χ0n) is 14.2. The molecule has 0 radical (unpaired) electrons. The van der Waals surface area contributed by atoms with E-state index in [9.17, 15) is 0 Å². The van der Waals surface area contributed by atoms with E-state index in [0.29, 0.717) is 12.5 Å². The fourth-order valence-electron chi connectivity index (χ4n) is 2.26. The van der Waals surface area contributed by atoms with Crippen molar-refractivity contribution >= 4 is 35.6 Å². The Morgan fingerprint density at radius 3 is 2.42 bits per heavy atom. The van der Waals surface area contributed by atoms with Crippen LogP contribution in [0.25, 0.3) is 0 Å². The minimum atomic E-state index is 0. The van der Waals surface area contributed by atoms with E-state index in [0.717, 1.165) is 29.2 Å². The number of methoxy groups -OCH3 is 2. The average Bonchev–Trinajstić information content (AvgIpc) is 2.56. The van der Waals surface area contributed by atoms with Gasteiger partial charge >= 0.3 is 0 Å². The lowest BCUT2D eigenvalue weighted by Gasteiger charge is -2.09. The van der Waals surface area contributed by atoms with Gasteiger partial charge in [0.2, 0.25) is 0 Å². The lowest BCUT2D eigenvalue weighted by molar-refractivity contribution is 0.409. The van der Waals surface area contributed by atoms with Crippen molar-refractivity contribution in [2.24, 2.45) is 10.7 Å². The van der Waals surface area contributed by atoms with Crippen LogP contribution in [0.1, 0.15) is 11.1 Å². The molecule has 24 heavy (non-hydrogen) atoms. The molecule has 0 bridgehead atoms. The molecule has 2 rings (SSSR count). The highest BCUT2D eigenvalue weighted by atomic mass is 127. The second-order valence-corrected chi connectivity index (χ2v) is 5.19. The number of ether oxygens (including phenoxy) is 2. The van der Waals surface area contributed by atoms with E-state index in [1.54, 1.807) is 14.2 Å². The number of hydrogen-bond acceptors (Lipinski definition) is 3. The molecule has 0 heterocycles. The standard InChI is InChI=1S/C18H23N3O2.HI/c1-13-4-9-17(23-3)14(12-13)10-11-20-18(19)21-15-5-7-16(22-2)8-6-15;/h4-9,12H,10-11H2,1-3H3,(H3,19,20,21);1H. The topological polar surface area (TPSA) is 68.9 Å². The second kappa shape index (κ2) is 10.0. The fraction of sp³-hybridized carbons (Fsp3) is 0.278. The quantitative estimate of drug-likeness (QED) is 0.409. The van der Waals surface area contributed by atoms with Gasteiger partial charge in [0.05, 0.1) is 14.2 Å². The van der Waals surface area contributed by atoms with Gasteiger partial charge in [-0.05, 0) is 49.2 Å². The summed E-state index contributed by atoms with van der Waals surface area (Å²) in [5, 5.41) is 3.06. The summed E-state index contributed by atoms with van der Waals surface area (Å²) in [6.07, 6.45) is 0.774. The van der Waals surface area contributed by atoms with E-state index in [1.807, 2.05) is 36.4 Å². The monoisotopic (exact) mass is 441 g/mol. The molecule has 5 nitrogen and oxygen atoms in total. The molecule has 0 aliphatic carbocycles. The Bertz CT molecular complexity index is 672. The van der Waals surface area contributed by atoms with Crippen LogP contribution in [0.15, 0.2) is 47.5 Å². The molecule has 0 unspecified atom stereocenters. The summed E-state index contributed by atoms with van der Waals surface area (Å²) < 4.78 is 10.5. The van der Waals surface area contributed by atoms with E-state index in [4.69, 9.17) is 15.2 Å². The molecule has 0 atom stereocenters. The molecule has 0 spiro atoms. The summed E-state index contributed by atoms with van der Waals surface area (Å²) >= 11 is 0. The zero-order valence-corrected chi connectivity index (χ0v) is 16.5. The minimum Gasteiger partial charge on any atom is -0.497 e. The van der Waals surface area contributed by atoms with Crippen LogP contribution in [0.5, 0.6) is 11.5 Å². The predicted molar refractivity (Wildman–Crippen MR) is 110 cm³/mol. The Hall–Kier alpha value is -1.96. The van der Waals surface area contributed by atoms with Crippen molar-refractivity contribution < 1.29 is 9.47 Å². The van der Waals surface area contributed by atoms with Gasteiger partial charge in [-0.15, -0.1) is 24.0 Å². The van der Waals surface area contributed by atoms with Gasteiger partial charge in [-0.1, -0.05) is 17.7 Å². The van der Waals surface area contributed by atoms with Crippen molar-refractivity contribution in [2.45, 2.75) is 13.3 Å². The Kier molecular flexibility index (Phi) is 8.39. The lowest BCUT2D eigenvalue weighted by Crippen LogP contribution is -2.23. The van der Waals surface area contributed by atoms with Crippen LogP contribution in [-0.2, 0) is 6.42 Å². The van der Waals surface area contributed by atoms with E-state index < -0.39 is 0 Å². The van der Waals surface area contributed by atoms with Crippen molar-refractivity contribution in [1.29, 1.82) is 0 Å². The molecule has 0 fully saturated rings. The molecular weight excluding hydrogens is 417 g/mol. The molecule has 130 valence electrons. The molecule has 0 amide bonds. The van der Waals surface area contributed by atoms with E-state index >= 15 is 0 Å². The van der Waals surface area contributed by atoms with Crippen molar-refractivity contribution in [3.63, 3.8) is 0 Å². The van der Waals surface area contributed by atoms with Crippen molar-refractivity contribution in [1.82, 2.24) is 0 Å². The van der Waals surface area contributed by atoms with E-state index in [1.165, 1.54) is 5.56 Å². The van der Waals surface area contributed by atoms with Gasteiger partial charge in [0.15, 0.2) is 5.96 Å². The van der Waals surface area contributed by atoms with Crippen LogP contribution in [0.2, 0.25) is 0 Å². The molecule has 0 aliphatic rings. The first-order valence-electron chi connectivity index (χ1n) is 7.47. The molecule has 2 aromatic rings. The van der Waals surface area contributed by atoms with Crippen LogP contribution in [0.3, 0.4) is 0 Å².